The van der Waals surface area contributed by atoms with Crippen LogP contribution in [0.25, 0.3) is 0 Å². The van der Waals surface area contributed by atoms with Crippen LogP contribution in [0.4, 0.5) is 29.0 Å². The first-order chi connectivity index (χ1) is 13.0. The number of phenolic OH excluding ortho intramolecular Hbond substituents is 1. The zero-order valence-electron chi connectivity index (χ0n) is 15.1. The number of anilines is 5. The molecule has 3 aromatic rings. The molecule has 0 fully saturated rings. The number of nitrogens with zero attached hydrogens (tertiary/aromatic N) is 3. The van der Waals surface area contributed by atoms with Crippen LogP contribution in [0.5, 0.6) is 17.2 Å². The molecular weight excluding hydrogens is 348 g/mol. The molecule has 140 valence electrons. The van der Waals surface area contributed by atoms with Crippen LogP contribution >= 0.6 is 0 Å². The molecule has 0 saturated carbocycles. The van der Waals surface area contributed by atoms with Gasteiger partial charge < -0.3 is 30.9 Å². The van der Waals surface area contributed by atoms with Crippen LogP contribution < -0.4 is 25.8 Å². The molecule has 5 N–H and O–H groups in total. The monoisotopic (exact) mass is 368 g/mol. The standard InChI is InChI=1S/C18H20N6O3/c1-10-4-5-11(6-13(10)19)22-17-20-9-21-18(24-17)23-12-7-14(25)16(27-3)15(8-12)26-2/h4-9,25H,19H2,1-3H3,(H2,20,21,22,23,24). The van der Waals surface area contributed by atoms with Gasteiger partial charge in [0.1, 0.15) is 6.33 Å². The average Bonchev–Trinajstić information content (AvgIpc) is 2.64. The van der Waals surface area contributed by atoms with Crippen molar-refractivity contribution in [3.8, 4) is 17.2 Å². The number of benzene rings is 2. The number of phenols is 1. The van der Waals surface area contributed by atoms with Gasteiger partial charge in [-0.1, -0.05) is 6.07 Å². The van der Waals surface area contributed by atoms with E-state index in [1.807, 2.05) is 19.1 Å². The van der Waals surface area contributed by atoms with Crippen molar-refractivity contribution in [1.29, 1.82) is 0 Å². The Morgan fingerprint density at radius 3 is 2.30 bits per heavy atom. The number of aryl methyl sites for hydroxylation is 1. The van der Waals surface area contributed by atoms with E-state index in [1.54, 1.807) is 12.1 Å². The van der Waals surface area contributed by atoms with Gasteiger partial charge in [0, 0.05) is 29.2 Å². The van der Waals surface area contributed by atoms with Gasteiger partial charge in [-0.2, -0.15) is 4.98 Å². The lowest BCUT2D eigenvalue weighted by Crippen LogP contribution is -2.03. The summed E-state index contributed by atoms with van der Waals surface area (Å²) in [4.78, 5) is 12.5. The molecule has 2 aromatic carbocycles. The molecule has 1 aromatic heterocycles. The molecule has 0 aliphatic rings. The van der Waals surface area contributed by atoms with Crippen LogP contribution in [0, 0.1) is 6.92 Å². The van der Waals surface area contributed by atoms with Crippen molar-refractivity contribution < 1.29 is 14.6 Å². The summed E-state index contributed by atoms with van der Waals surface area (Å²) < 4.78 is 10.3. The van der Waals surface area contributed by atoms with Crippen LogP contribution in [-0.4, -0.2) is 34.3 Å². The molecule has 0 radical (unpaired) electrons. The molecule has 1 heterocycles. The molecule has 0 unspecified atom stereocenters. The topological polar surface area (TPSA) is 127 Å². The zero-order chi connectivity index (χ0) is 19.4. The Kier molecular flexibility index (Phi) is 5.11. The summed E-state index contributed by atoms with van der Waals surface area (Å²) in [5.74, 6) is 1.20. The number of aromatic hydroxyl groups is 1. The van der Waals surface area contributed by atoms with E-state index in [-0.39, 0.29) is 11.5 Å². The Bertz CT molecular complexity index is 964. The Balaban J connectivity index is 1.81. The summed E-state index contributed by atoms with van der Waals surface area (Å²) in [5.41, 5.74) is 8.88. The quantitative estimate of drug-likeness (QED) is 0.485. The third kappa shape index (κ3) is 4.09. The van der Waals surface area contributed by atoms with Gasteiger partial charge in [-0.15, -0.1) is 0 Å². The SMILES string of the molecule is COc1cc(Nc2ncnc(Nc3ccc(C)c(N)c3)n2)cc(O)c1OC. The Morgan fingerprint density at radius 1 is 0.963 bits per heavy atom. The van der Waals surface area contributed by atoms with Crippen molar-refractivity contribution in [3.63, 3.8) is 0 Å². The molecule has 0 aliphatic heterocycles. The predicted molar refractivity (Wildman–Crippen MR) is 103 cm³/mol. The summed E-state index contributed by atoms with van der Waals surface area (Å²) >= 11 is 0. The summed E-state index contributed by atoms with van der Waals surface area (Å²) in [5, 5.41) is 16.1. The second-order valence-corrected chi connectivity index (χ2v) is 5.68. The van der Waals surface area contributed by atoms with Crippen molar-refractivity contribution in [2.45, 2.75) is 6.92 Å². The van der Waals surface area contributed by atoms with Gasteiger partial charge >= 0.3 is 0 Å². The van der Waals surface area contributed by atoms with Crippen molar-refractivity contribution in [1.82, 2.24) is 15.0 Å². The van der Waals surface area contributed by atoms with Gasteiger partial charge in [0.05, 0.1) is 14.2 Å². The largest absolute Gasteiger partial charge is 0.504 e. The molecule has 0 saturated heterocycles. The van der Waals surface area contributed by atoms with Crippen molar-refractivity contribution in [2.24, 2.45) is 0 Å². The number of aromatic nitrogens is 3. The fraction of sp³-hybridized carbons (Fsp3) is 0.167. The zero-order valence-corrected chi connectivity index (χ0v) is 15.1. The van der Waals surface area contributed by atoms with Crippen LogP contribution in [0.3, 0.4) is 0 Å². The smallest absolute Gasteiger partial charge is 0.232 e. The maximum absolute atomic E-state index is 10.1. The summed E-state index contributed by atoms with van der Waals surface area (Å²) in [7, 11) is 2.94. The Labute approximate surface area is 156 Å². The van der Waals surface area contributed by atoms with Gasteiger partial charge in [0.2, 0.25) is 17.6 Å². The second-order valence-electron chi connectivity index (χ2n) is 5.68. The van der Waals surface area contributed by atoms with E-state index < -0.39 is 0 Å². The van der Waals surface area contributed by atoms with E-state index in [4.69, 9.17) is 15.2 Å². The number of methoxy groups -OCH3 is 2. The van der Waals surface area contributed by atoms with Gasteiger partial charge in [0.25, 0.3) is 0 Å². The lowest BCUT2D eigenvalue weighted by molar-refractivity contribution is 0.333. The molecule has 0 aliphatic carbocycles. The van der Waals surface area contributed by atoms with Crippen LogP contribution in [-0.2, 0) is 0 Å². The van der Waals surface area contributed by atoms with E-state index in [1.165, 1.54) is 26.6 Å². The van der Waals surface area contributed by atoms with Crippen LogP contribution in [0.15, 0.2) is 36.7 Å². The third-order valence-electron chi connectivity index (χ3n) is 3.82. The van der Waals surface area contributed by atoms with Crippen LogP contribution in [0.1, 0.15) is 5.56 Å². The minimum absolute atomic E-state index is 0.0677. The molecular formula is C18H20N6O3. The molecule has 0 atom stereocenters. The van der Waals surface area contributed by atoms with E-state index in [9.17, 15) is 5.11 Å². The van der Waals surface area contributed by atoms with E-state index in [2.05, 4.69) is 25.6 Å². The van der Waals surface area contributed by atoms with Crippen molar-refractivity contribution >= 4 is 29.0 Å². The fourth-order valence-electron chi connectivity index (χ4n) is 2.41. The summed E-state index contributed by atoms with van der Waals surface area (Å²) in [6.07, 6.45) is 1.37. The average molecular weight is 368 g/mol. The van der Waals surface area contributed by atoms with Crippen LogP contribution in [0.2, 0.25) is 0 Å². The number of hydrogen-bond acceptors (Lipinski definition) is 9. The highest BCUT2D eigenvalue weighted by molar-refractivity contribution is 5.66. The molecule has 27 heavy (non-hydrogen) atoms. The normalized spacial score (nSPS) is 10.3. The minimum Gasteiger partial charge on any atom is -0.504 e. The van der Waals surface area contributed by atoms with Gasteiger partial charge in [-0.25, -0.2) is 9.97 Å². The maximum atomic E-state index is 10.1. The highest BCUT2D eigenvalue weighted by Gasteiger charge is 2.12. The molecule has 0 bridgehead atoms. The molecule has 9 heteroatoms. The predicted octanol–water partition coefficient (Wildman–Crippen LogP) is 2.97. The fourth-order valence-corrected chi connectivity index (χ4v) is 2.41. The highest BCUT2D eigenvalue weighted by Crippen LogP contribution is 2.39. The van der Waals surface area contributed by atoms with Crippen molar-refractivity contribution in [2.75, 3.05) is 30.6 Å². The number of rotatable bonds is 6. The van der Waals surface area contributed by atoms with Gasteiger partial charge in [0.15, 0.2) is 11.5 Å². The van der Waals surface area contributed by atoms with Gasteiger partial charge in [-0.3, -0.25) is 0 Å². The minimum atomic E-state index is -0.0677. The number of ether oxygens (including phenoxy) is 2. The Morgan fingerprint density at radius 2 is 1.67 bits per heavy atom. The number of nitrogens with two attached hydrogens (primary N) is 1. The van der Waals surface area contributed by atoms with E-state index in [0.29, 0.717) is 29.0 Å². The van der Waals surface area contributed by atoms with Crippen molar-refractivity contribution in [3.05, 3.63) is 42.2 Å². The number of nitrogen functional groups attached to an aromatic ring is 1. The first-order valence-electron chi connectivity index (χ1n) is 8.04. The summed E-state index contributed by atoms with van der Waals surface area (Å²) in [6, 6.07) is 8.74. The molecule has 0 spiro atoms. The Hall–Kier alpha value is -3.75. The third-order valence-corrected chi connectivity index (χ3v) is 3.82. The first-order valence-corrected chi connectivity index (χ1v) is 8.04. The molecule has 0 amide bonds. The van der Waals surface area contributed by atoms with E-state index in [0.717, 1.165) is 11.3 Å². The second kappa shape index (κ2) is 7.65. The summed E-state index contributed by atoms with van der Waals surface area (Å²) in [6.45, 7) is 1.93. The maximum Gasteiger partial charge on any atom is 0.232 e. The first kappa shape index (κ1) is 18.1. The molecule has 3 rings (SSSR count). The van der Waals surface area contributed by atoms with Gasteiger partial charge in [-0.05, 0) is 24.6 Å². The number of hydrogen-bond donors (Lipinski definition) is 4. The highest BCUT2D eigenvalue weighted by atomic mass is 16.5. The van der Waals surface area contributed by atoms with E-state index >= 15 is 0 Å². The molecule has 9 nitrogen and oxygen atoms in total. The lowest BCUT2D eigenvalue weighted by atomic mass is 10.2. The lowest BCUT2D eigenvalue weighted by Gasteiger charge is -2.13. The number of nitrogens with one attached hydrogen (secondary N) is 2.